The van der Waals surface area contributed by atoms with E-state index in [-0.39, 0.29) is 18.0 Å². The fourth-order valence-electron chi connectivity index (χ4n) is 3.86. The Morgan fingerprint density at radius 2 is 2.12 bits per heavy atom. The topological polar surface area (TPSA) is 81.3 Å². The number of hydrogen-bond acceptors (Lipinski definition) is 6. The number of ether oxygens (including phenoxy) is 1. The first kappa shape index (κ1) is 15.6. The van der Waals surface area contributed by atoms with Gasteiger partial charge in [0.2, 0.25) is 0 Å². The number of nitriles is 1. The highest BCUT2D eigenvalue weighted by Gasteiger charge is 2.44. The molecule has 0 saturated carbocycles. The molecule has 0 N–H and O–H groups in total. The summed E-state index contributed by atoms with van der Waals surface area (Å²) in [5.74, 6) is 1.09. The van der Waals surface area contributed by atoms with Crippen molar-refractivity contribution in [1.29, 1.82) is 5.26 Å². The maximum absolute atomic E-state index is 12.8. The lowest BCUT2D eigenvalue weighted by Gasteiger charge is -2.23. The molecule has 3 atom stereocenters. The molecule has 1 aromatic carbocycles. The van der Waals surface area contributed by atoms with E-state index in [1.807, 2.05) is 35.2 Å². The number of likely N-dealkylation sites (tertiary alicyclic amines) is 2. The van der Waals surface area contributed by atoms with Crippen molar-refractivity contribution < 1.29 is 9.53 Å². The van der Waals surface area contributed by atoms with Crippen molar-refractivity contribution in [2.24, 2.45) is 16.1 Å². The number of methoxy groups -OCH3 is 1. The average Bonchev–Trinajstić information content (AvgIpc) is 3.36. The maximum Gasteiger partial charge on any atom is 0.274 e. The van der Waals surface area contributed by atoms with Crippen molar-refractivity contribution >= 4 is 5.91 Å². The third-order valence-corrected chi connectivity index (χ3v) is 5.23. The van der Waals surface area contributed by atoms with Crippen molar-refractivity contribution in [3.8, 4) is 11.9 Å². The Labute approximate surface area is 146 Å². The van der Waals surface area contributed by atoms with Crippen LogP contribution in [0.4, 0.5) is 0 Å². The molecule has 0 aromatic heterocycles. The zero-order valence-electron chi connectivity index (χ0n) is 14.0. The molecule has 0 aliphatic carbocycles. The first-order valence-corrected chi connectivity index (χ1v) is 8.42. The Bertz CT molecular complexity index is 780. The minimum Gasteiger partial charge on any atom is -0.497 e. The van der Waals surface area contributed by atoms with Gasteiger partial charge < -0.3 is 14.5 Å². The summed E-state index contributed by atoms with van der Waals surface area (Å²) in [7, 11) is 1.63. The van der Waals surface area contributed by atoms with Gasteiger partial charge in [0.1, 0.15) is 17.5 Å². The highest BCUT2D eigenvalue weighted by Crippen LogP contribution is 2.34. The van der Waals surface area contributed by atoms with Gasteiger partial charge in [0.05, 0.1) is 13.2 Å². The second-order valence-electron chi connectivity index (χ2n) is 6.61. The van der Waals surface area contributed by atoms with Gasteiger partial charge in [0.25, 0.3) is 5.91 Å². The van der Waals surface area contributed by atoms with E-state index < -0.39 is 0 Å². The highest BCUT2D eigenvalue weighted by atomic mass is 16.5. The van der Waals surface area contributed by atoms with Crippen LogP contribution in [0.2, 0.25) is 0 Å². The van der Waals surface area contributed by atoms with Crippen molar-refractivity contribution in [3.63, 3.8) is 0 Å². The quantitative estimate of drug-likeness (QED) is 0.791. The van der Waals surface area contributed by atoms with Gasteiger partial charge in [-0.1, -0.05) is 12.1 Å². The number of fused-ring (bicyclic) bond motifs is 1. The average molecular weight is 337 g/mol. The molecule has 4 rings (SSSR count). The second kappa shape index (κ2) is 6.20. The molecular formula is C18H19N5O2. The van der Waals surface area contributed by atoms with Gasteiger partial charge in [0, 0.05) is 25.6 Å². The van der Waals surface area contributed by atoms with Crippen LogP contribution in [0.25, 0.3) is 0 Å². The van der Waals surface area contributed by atoms with E-state index in [0.29, 0.717) is 18.2 Å². The van der Waals surface area contributed by atoms with Crippen LogP contribution in [0, 0.1) is 17.4 Å². The monoisotopic (exact) mass is 337 g/mol. The van der Waals surface area contributed by atoms with Crippen LogP contribution < -0.4 is 4.74 Å². The van der Waals surface area contributed by atoms with Crippen LogP contribution in [0.5, 0.6) is 5.75 Å². The van der Waals surface area contributed by atoms with Crippen molar-refractivity contribution in [3.05, 3.63) is 41.6 Å². The van der Waals surface area contributed by atoms with Crippen LogP contribution in [0.3, 0.4) is 0 Å². The largest absolute Gasteiger partial charge is 0.497 e. The summed E-state index contributed by atoms with van der Waals surface area (Å²) in [5.41, 5.74) is 1.38. The minimum atomic E-state index is -0.234. The number of hydrogen-bond donors (Lipinski definition) is 0. The van der Waals surface area contributed by atoms with Crippen LogP contribution in [-0.2, 0) is 4.79 Å². The number of nitrogens with zero attached hydrogens (tertiary/aromatic N) is 5. The number of rotatable bonds is 3. The third-order valence-electron chi connectivity index (χ3n) is 5.23. The fraction of sp³-hybridized carbons (Fsp3) is 0.444. The molecule has 2 saturated heterocycles. The summed E-state index contributed by atoms with van der Waals surface area (Å²) in [6.45, 7) is 2.10. The van der Waals surface area contributed by atoms with Gasteiger partial charge in [-0.25, -0.2) is 0 Å². The Morgan fingerprint density at radius 1 is 1.32 bits per heavy atom. The number of benzene rings is 1. The van der Waals surface area contributed by atoms with E-state index in [4.69, 9.17) is 10.00 Å². The summed E-state index contributed by atoms with van der Waals surface area (Å²) >= 11 is 0. The summed E-state index contributed by atoms with van der Waals surface area (Å²) in [5, 5.41) is 17.4. The van der Waals surface area contributed by atoms with E-state index in [9.17, 15) is 4.79 Å². The molecule has 1 unspecified atom stereocenters. The fourth-order valence-corrected chi connectivity index (χ4v) is 3.86. The molecule has 25 heavy (non-hydrogen) atoms. The summed E-state index contributed by atoms with van der Waals surface area (Å²) in [6, 6.07) is 7.49. The van der Waals surface area contributed by atoms with E-state index in [2.05, 4.69) is 16.4 Å². The molecular weight excluding hydrogens is 318 g/mol. The van der Waals surface area contributed by atoms with Crippen LogP contribution in [0.15, 0.2) is 46.3 Å². The van der Waals surface area contributed by atoms with Gasteiger partial charge in [-0.15, -0.1) is 5.11 Å². The van der Waals surface area contributed by atoms with Gasteiger partial charge in [-0.2, -0.15) is 10.4 Å². The molecule has 7 heteroatoms. The van der Waals surface area contributed by atoms with E-state index in [0.717, 1.165) is 30.8 Å². The van der Waals surface area contributed by atoms with Gasteiger partial charge >= 0.3 is 0 Å². The smallest absolute Gasteiger partial charge is 0.274 e. The molecule has 0 spiro atoms. The summed E-state index contributed by atoms with van der Waals surface area (Å²) in [6.07, 6.45) is 4.95. The lowest BCUT2D eigenvalue weighted by molar-refractivity contribution is -0.128. The maximum atomic E-state index is 12.8. The molecule has 7 nitrogen and oxygen atoms in total. The van der Waals surface area contributed by atoms with Gasteiger partial charge in [-0.3, -0.25) is 4.79 Å². The van der Waals surface area contributed by atoms with Crippen LogP contribution in [0.1, 0.15) is 18.0 Å². The number of carbonyl (C=O) groups is 1. The first-order chi connectivity index (χ1) is 12.2. The SMILES string of the molecule is COc1ccc(C2C=C(C(=O)N3CC[C@@H]4CN(C#N)C[C@@H]43)N=N2)cc1. The number of carbonyl (C=O) groups excluding carboxylic acids is 1. The van der Waals surface area contributed by atoms with Crippen molar-refractivity contribution in [2.75, 3.05) is 26.7 Å². The van der Waals surface area contributed by atoms with Crippen LogP contribution >= 0.6 is 0 Å². The standard InChI is InChI=1S/C18H19N5O2/c1-25-14-4-2-12(3-5-14)15-8-16(21-20-15)18(24)23-7-6-13-9-22(11-19)10-17(13)23/h2-5,8,13,15,17H,6-7,9-10H2,1H3/t13-,15?,17+/m1/s1. The Kier molecular flexibility index (Phi) is 3.88. The van der Waals surface area contributed by atoms with Crippen molar-refractivity contribution in [1.82, 2.24) is 9.80 Å². The van der Waals surface area contributed by atoms with Gasteiger partial charge in [0.15, 0.2) is 6.19 Å². The molecule has 1 amide bonds. The summed E-state index contributed by atoms with van der Waals surface area (Å²) < 4.78 is 5.16. The molecule has 0 bridgehead atoms. The Balaban J connectivity index is 1.48. The molecule has 1 aromatic rings. The molecule has 3 aliphatic rings. The zero-order chi connectivity index (χ0) is 17.4. The minimum absolute atomic E-state index is 0.0768. The lowest BCUT2D eigenvalue weighted by atomic mass is 10.0. The second-order valence-corrected chi connectivity index (χ2v) is 6.61. The van der Waals surface area contributed by atoms with Gasteiger partial charge in [-0.05, 0) is 30.2 Å². The predicted molar refractivity (Wildman–Crippen MR) is 89.5 cm³/mol. The van der Waals surface area contributed by atoms with E-state index in [1.54, 1.807) is 12.0 Å². The van der Waals surface area contributed by atoms with E-state index >= 15 is 0 Å². The third kappa shape index (κ3) is 2.74. The zero-order valence-corrected chi connectivity index (χ0v) is 14.0. The molecule has 128 valence electrons. The molecule has 0 radical (unpaired) electrons. The lowest BCUT2D eigenvalue weighted by Crippen LogP contribution is -2.39. The number of amides is 1. The number of azo groups is 1. The highest BCUT2D eigenvalue weighted by molar-refractivity contribution is 5.94. The van der Waals surface area contributed by atoms with Crippen molar-refractivity contribution in [2.45, 2.75) is 18.5 Å². The normalized spacial score (nSPS) is 27.2. The molecule has 3 heterocycles. The predicted octanol–water partition coefficient (Wildman–Crippen LogP) is 2.10. The molecule has 2 fully saturated rings. The van der Waals surface area contributed by atoms with Crippen LogP contribution in [-0.4, -0.2) is 48.5 Å². The Hall–Kier alpha value is -2.88. The van der Waals surface area contributed by atoms with E-state index in [1.165, 1.54) is 0 Å². The first-order valence-electron chi connectivity index (χ1n) is 8.42. The molecule has 3 aliphatic heterocycles. The summed E-state index contributed by atoms with van der Waals surface area (Å²) in [4.78, 5) is 16.4. The Morgan fingerprint density at radius 3 is 2.84 bits per heavy atom.